The lowest BCUT2D eigenvalue weighted by atomic mass is 10.1. The Labute approximate surface area is 264 Å². The van der Waals surface area contributed by atoms with Crippen molar-refractivity contribution in [3.63, 3.8) is 0 Å². The third-order valence-corrected chi connectivity index (χ3v) is 7.32. The van der Waals surface area contributed by atoms with Gasteiger partial charge in [-0.3, -0.25) is 9.00 Å². The molecule has 3 rings (SSSR count). The van der Waals surface area contributed by atoms with Crippen LogP contribution in [0.3, 0.4) is 0 Å². The molecule has 2 aromatic carbocycles. The number of carbonyl (C=O) groups excluding carboxylic acids is 3. The molecule has 2 unspecified atom stereocenters. The van der Waals surface area contributed by atoms with E-state index >= 15 is 0 Å². The van der Waals surface area contributed by atoms with Gasteiger partial charge in [-0.25, -0.2) is 19.0 Å². The van der Waals surface area contributed by atoms with Crippen LogP contribution < -0.4 is 10.2 Å². The number of benzene rings is 2. The van der Waals surface area contributed by atoms with Gasteiger partial charge in [0.2, 0.25) is 0 Å². The number of hydrogen-bond acceptors (Lipinski definition) is 8. The molecule has 0 saturated heterocycles. The van der Waals surface area contributed by atoms with Crippen LogP contribution in [0, 0.1) is 5.82 Å². The molecule has 0 aliphatic carbocycles. The van der Waals surface area contributed by atoms with E-state index < -0.39 is 69.6 Å². The second-order valence-electron chi connectivity index (χ2n) is 10.2. The summed E-state index contributed by atoms with van der Waals surface area (Å²) in [5.41, 5.74) is -1.09. The summed E-state index contributed by atoms with van der Waals surface area (Å²) in [4.78, 5) is 42.9. The number of fused-ring (bicyclic) bond motifs is 1. The summed E-state index contributed by atoms with van der Waals surface area (Å²) in [5, 5.41) is 2.41. The fourth-order valence-corrected chi connectivity index (χ4v) is 5.28. The molecule has 0 bridgehead atoms. The molecule has 1 heterocycles. The van der Waals surface area contributed by atoms with Gasteiger partial charge in [-0.1, -0.05) is 37.5 Å². The SMILES string of the molecule is C=C(N=C(OC)C(F)(F)F)c1ccc(CN2C(=O)[C@@H](NC(=O)OC(C)(C)C)CS(=O)c3cc(F)c(C(=O)OC)cc32)cc1.CP.[HH]. The fraction of sp³-hybridized carbons (Fsp3) is 0.379. The van der Waals surface area contributed by atoms with Crippen molar-refractivity contribution >= 4 is 55.3 Å². The first-order valence-electron chi connectivity index (χ1n) is 13.1. The summed E-state index contributed by atoms with van der Waals surface area (Å²) in [5.74, 6) is -4.71. The Morgan fingerprint density at radius 2 is 1.73 bits per heavy atom. The topological polar surface area (TPSA) is 124 Å². The molecule has 3 atom stereocenters. The number of rotatable bonds is 6. The van der Waals surface area contributed by atoms with E-state index in [4.69, 9.17) is 4.74 Å². The highest BCUT2D eigenvalue weighted by Gasteiger charge is 2.38. The number of alkyl carbamates (subject to hydrolysis) is 1. The van der Waals surface area contributed by atoms with Crippen LogP contribution >= 0.6 is 9.24 Å². The van der Waals surface area contributed by atoms with E-state index in [1.54, 1.807) is 20.8 Å². The normalized spacial score (nSPS) is 16.8. The first-order valence-corrected chi connectivity index (χ1v) is 15.6. The van der Waals surface area contributed by atoms with Crippen LogP contribution in [0.15, 0.2) is 52.9 Å². The molecule has 0 radical (unpaired) electrons. The molecular weight excluding hydrogens is 641 g/mol. The standard InChI is InChI=1S/C28H29F4N3O7S.CH5P.H2/c1-15(33-25(41-6)28(30,31)32)17-9-7-16(8-10-17)13-35-21-11-18(24(37)40-5)19(29)12-22(21)43(39)14-20(23(35)36)34-26(38)42-27(2,3)4;1-2;/h7-12,20H,1,13-14H2,2-6H3,(H,34,38);2H2,1H3;1H/t20-,43?;;/m0../s1. The Bertz CT molecular complexity index is 1500. The van der Waals surface area contributed by atoms with Gasteiger partial charge in [0.05, 0.1) is 59.2 Å². The Kier molecular flexibility index (Phi) is 12.8. The summed E-state index contributed by atoms with van der Waals surface area (Å²) < 4.78 is 81.3. The van der Waals surface area contributed by atoms with Gasteiger partial charge in [-0.05, 0) is 44.0 Å². The smallest absolute Gasteiger partial charge is 0.468 e. The maximum absolute atomic E-state index is 14.8. The van der Waals surface area contributed by atoms with Gasteiger partial charge < -0.3 is 24.4 Å². The molecule has 1 N–H and O–H groups in total. The predicted molar refractivity (Wildman–Crippen MR) is 167 cm³/mol. The molecular formula is C29H36F4N3O7PS. The first-order chi connectivity index (χ1) is 20.9. The van der Waals surface area contributed by atoms with Crippen molar-refractivity contribution < 1.29 is 51.8 Å². The van der Waals surface area contributed by atoms with Crippen LogP contribution in [0.2, 0.25) is 0 Å². The molecule has 0 saturated carbocycles. The number of aliphatic imine (C=N–C) groups is 1. The molecule has 2 aromatic rings. The third kappa shape index (κ3) is 9.82. The van der Waals surface area contributed by atoms with Crippen LogP contribution in [0.1, 0.15) is 43.7 Å². The molecule has 1 aliphatic heterocycles. The number of methoxy groups -OCH3 is 2. The average Bonchev–Trinajstić information content (AvgIpc) is 3.05. The van der Waals surface area contributed by atoms with Crippen molar-refractivity contribution in [2.24, 2.45) is 4.99 Å². The lowest BCUT2D eigenvalue weighted by Gasteiger charge is -2.27. The van der Waals surface area contributed by atoms with Crippen LogP contribution in [0.4, 0.5) is 28.0 Å². The van der Waals surface area contributed by atoms with Crippen LogP contribution in [-0.4, -0.2) is 72.5 Å². The molecule has 248 valence electrons. The zero-order chi connectivity index (χ0) is 34.3. The van der Waals surface area contributed by atoms with Crippen LogP contribution in [0.25, 0.3) is 5.70 Å². The average molecular weight is 678 g/mol. The second-order valence-corrected chi connectivity index (χ2v) is 11.7. The first kappa shape index (κ1) is 37.3. The van der Waals surface area contributed by atoms with E-state index in [1.165, 1.54) is 24.3 Å². The van der Waals surface area contributed by atoms with Crippen molar-refractivity contribution in [2.75, 3.05) is 31.5 Å². The predicted octanol–water partition coefficient (Wildman–Crippen LogP) is 5.48. The van der Waals surface area contributed by atoms with Crippen molar-refractivity contribution in [3.8, 4) is 0 Å². The van der Waals surface area contributed by atoms with E-state index in [2.05, 4.69) is 35.6 Å². The van der Waals surface area contributed by atoms with Crippen molar-refractivity contribution in [3.05, 3.63) is 65.5 Å². The van der Waals surface area contributed by atoms with Gasteiger partial charge in [-0.15, -0.1) is 9.24 Å². The molecule has 0 spiro atoms. The maximum atomic E-state index is 14.8. The Morgan fingerprint density at radius 3 is 2.24 bits per heavy atom. The van der Waals surface area contributed by atoms with Gasteiger partial charge in [0.15, 0.2) is 0 Å². The van der Waals surface area contributed by atoms with Gasteiger partial charge in [-0.2, -0.15) is 13.2 Å². The van der Waals surface area contributed by atoms with E-state index in [1.807, 2.05) is 6.66 Å². The quantitative estimate of drug-likeness (QED) is 0.141. The molecule has 0 fully saturated rings. The minimum Gasteiger partial charge on any atom is -0.478 e. The number of carbonyl (C=O) groups is 3. The molecule has 1 aliphatic rings. The molecule has 0 aromatic heterocycles. The monoisotopic (exact) mass is 677 g/mol. The number of amides is 2. The van der Waals surface area contributed by atoms with Crippen molar-refractivity contribution in [1.82, 2.24) is 5.32 Å². The number of anilines is 1. The highest BCUT2D eigenvalue weighted by atomic mass is 32.2. The zero-order valence-corrected chi connectivity index (χ0v) is 27.4. The van der Waals surface area contributed by atoms with E-state index in [0.717, 1.165) is 31.3 Å². The third-order valence-electron chi connectivity index (χ3n) is 5.86. The van der Waals surface area contributed by atoms with Crippen LogP contribution in [-0.2, 0) is 36.3 Å². The Balaban J connectivity index is 0.00000346. The van der Waals surface area contributed by atoms with E-state index in [0.29, 0.717) is 5.56 Å². The lowest BCUT2D eigenvalue weighted by Crippen LogP contribution is -2.51. The summed E-state index contributed by atoms with van der Waals surface area (Å²) >= 11 is 0. The van der Waals surface area contributed by atoms with Crippen molar-refractivity contribution in [1.29, 1.82) is 0 Å². The lowest BCUT2D eigenvalue weighted by molar-refractivity contribution is -0.120. The second kappa shape index (κ2) is 15.4. The van der Waals surface area contributed by atoms with Gasteiger partial charge in [0, 0.05) is 1.43 Å². The minimum absolute atomic E-state index is 0. The molecule has 2 amide bonds. The molecule has 10 nitrogen and oxygen atoms in total. The summed E-state index contributed by atoms with van der Waals surface area (Å²) in [6.07, 6.45) is -5.78. The Hall–Kier alpha value is -3.84. The number of nitrogens with one attached hydrogen (secondary N) is 1. The maximum Gasteiger partial charge on any atom is 0.468 e. The van der Waals surface area contributed by atoms with Crippen molar-refractivity contribution in [2.45, 2.75) is 50.0 Å². The number of nitrogens with zero attached hydrogens (tertiary/aromatic N) is 2. The number of alkyl halides is 3. The molecule has 16 heteroatoms. The van der Waals surface area contributed by atoms with Gasteiger partial charge in [0.1, 0.15) is 17.5 Å². The highest BCUT2D eigenvalue weighted by molar-refractivity contribution is 7.85. The fourth-order valence-electron chi connectivity index (χ4n) is 3.94. The number of esters is 1. The summed E-state index contributed by atoms with van der Waals surface area (Å²) in [7, 11) is 2.27. The summed E-state index contributed by atoms with van der Waals surface area (Å²) in [6, 6.07) is 6.32. The van der Waals surface area contributed by atoms with Gasteiger partial charge in [0.25, 0.3) is 11.8 Å². The largest absolute Gasteiger partial charge is 0.478 e. The molecule has 45 heavy (non-hydrogen) atoms. The number of halogens is 4. The zero-order valence-electron chi connectivity index (χ0n) is 25.4. The summed E-state index contributed by atoms with van der Waals surface area (Å²) in [6.45, 7) is 10.1. The van der Waals surface area contributed by atoms with Gasteiger partial charge >= 0.3 is 18.2 Å². The van der Waals surface area contributed by atoms with Crippen LogP contribution in [0.5, 0.6) is 0 Å². The highest BCUT2D eigenvalue weighted by Crippen LogP contribution is 2.33. The van der Waals surface area contributed by atoms with E-state index in [-0.39, 0.29) is 29.8 Å². The van der Waals surface area contributed by atoms with E-state index in [9.17, 15) is 36.2 Å². The number of ether oxygens (including phenoxy) is 3. The Morgan fingerprint density at radius 1 is 1.13 bits per heavy atom. The minimum atomic E-state index is -4.83. The number of hydrogen-bond donors (Lipinski definition) is 1.